The Morgan fingerprint density at radius 2 is 2.04 bits per heavy atom. The summed E-state index contributed by atoms with van der Waals surface area (Å²) >= 11 is 0. The molecule has 0 amide bonds. The molecule has 1 saturated heterocycles. The molecule has 0 saturated carbocycles. The largest absolute Gasteiger partial charge is 0.337 e. The van der Waals surface area contributed by atoms with Gasteiger partial charge in [-0.2, -0.15) is 4.31 Å². The molecule has 128 valence electrons. The van der Waals surface area contributed by atoms with Gasteiger partial charge in [-0.1, -0.05) is 12.1 Å². The lowest BCUT2D eigenvalue weighted by Gasteiger charge is -2.31. The van der Waals surface area contributed by atoms with E-state index in [0.717, 1.165) is 19.4 Å². The summed E-state index contributed by atoms with van der Waals surface area (Å²) < 4.78 is 29.1. The molecule has 1 aliphatic heterocycles. The Bertz CT molecular complexity index is 807. The third kappa shape index (κ3) is 3.57. The standard InChI is InChI=1S/C17H21N3O3S/c1-14(21)16-3-2-4-17(11-16)24(22,23)20-8-5-15(6-9-20)12-19-10-7-18-13-19/h2-4,7,10-11,13,15H,5-6,8-9,12H2,1H3. The predicted octanol–water partition coefficient (Wildman–Crippen LogP) is 2.19. The zero-order valence-corrected chi connectivity index (χ0v) is 14.4. The summed E-state index contributed by atoms with van der Waals surface area (Å²) in [4.78, 5) is 15.7. The van der Waals surface area contributed by atoms with Gasteiger partial charge in [0.25, 0.3) is 0 Å². The highest BCUT2D eigenvalue weighted by molar-refractivity contribution is 7.89. The molecule has 2 aromatic rings. The minimum Gasteiger partial charge on any atom is -0.337 e. The van der Waals surface area contributed by atoms with Gasteiger partial charge in [0.2, 0.25) is 10.0 Å². The van der Waals surface area contributed by atoms with Crippen molar-refractivity contribution in [3.8, 4) is 0 Å². The molecule has 0 radical (unpaired) electrons. The Hall–Kier alpha value is -1.99. The van der Waals surface area contributed by atoms with Crippen LogP contribution in [0.4, 0.5) is 0 Å². The molecule has 0 bridgehead atoms. The van der Waals surface area contributed by atoms with Crippen molar-refractivity contribution in [2.75, 3.05) is 13.1 Å². The van der Waals surface area contributed by atoms with E-state index in [-0.39, 0.29) is 10.7 Å². The minimum atomic E-state index is -3.54. The SMILES string of the molecule is CC(=O)c1cccc(S(=O)(=O)N2CCC(Cn3ccnc3)CC2)c1. The molecule has 0 unspecified atom stereocenters. The van der Waals surface area contributed by atoms with Crippen LogP contribution in [-0.2, 0) is 16.6 Å². The van der Waals surface area contributed by atoms with Crippen LogP contribution in [-0.4, -0.2) is 41.1 Å². The van der Waals surface area contributed by atoms with Gasteiger partial charge in [0.1, 0.15) is 0 Å². The number of Topliss-reactive ketones (excluding diaryl/α,β-unsaturated/α-hetero) is 1. The summed E-state index contributed by atoms with van der Waals surface area (Å²) in [5.74, 6) is 0.320. The fraction of sp³-hybridized carbons (Fsp3) is 0.412. The fourth-order valence-electron chi connectivity index (χ4n) is 3.05. The first-order valence-corrected chi connectivity index (χ1v) is 9.48. The molecule has 24 heavy (non-hydrogen) atoms. The van der Waals surface area contributed by atoms with Crippen LogP contribution in [0.2, 0.25) is 0 Å². The van der Waals surface area contributed by atoms with E-state index in [1.807, 2.05) is 10.8 Å². The topological polar surface area (TPSA) is 72.3 Å². The Morgan fingerprint density at radius 1 is 1.29 bits per heavy atom. The van der Waals surface area contributed by atoms with E-state index in [2.05, 4.69) is 4.98 Å². The summed E-state index contributed by atoms with van der Waals surface area (Å²) in [6.07, 6.45) is 7.11. The molecule has 1 aliphatic rings. The maximum Gasteiger partial charge on any atom is 0.243 e. The number of hydrogen-bond acceptors (Lipinski definition) is 4. The van der Waals surface area contributed by atoms with Crippen molar-refractivity contribution < 1.29 is 13.2 Å². The second-order valence-electron chi connectivity index (χ2n) is 6.19. The van der Waals surface area contributed by atoms with Gasteiger partial charge in [-0.3, -0.25) is 4.79 Å². The number of piperidine rings is 1. The summed E-state index contributed by atoms with van der Waals surface area (Å²) in [7, 11) is -3.54. The molecule has 0 aliphatic carbocycles. The molecule has 1 aromatic heterocycles. The van der Waals surface area contributed by atoms with E-state index in [4.69, 9.17) is 0 Å². The van der Waals surface area contributed by atoms with Crippen molar-refractivity contribution in [3.63, 3.8) is 0 Å². The zero-order chi connectivity index (χ0) is 17.2. The van der Waals surface area contributed by atoms with E-state index >= 15 is 0 Å². The van der Waals surface area contributed by atoms with Crippen molar-refractivity contribution in [1.29, 1.82) is 0 Å². The average Bonchev–Trinajstić information content (AvgIpc) is 3.08. The second kappa shape index (κ2) is 6.86. The lowest BCUT2D eigenvalue weighted by molar-refractivity contribution is 0.101. The van der Waals surface area contributed by atoms with E-state index in [9.17, 15) is 13.2 Å². The molecule has 1 fully saturated rings. The first-order chi connectivity index (χ1) is 11.5. The van der Waals surface area contributed by atoms with Crippen molar-refractivity contribution in [1.82, 2.24) is 13.9 Å². The lowest BCUT2D eigenvalue weighted by Crippen LogP contribution is -2.39. The minimum absolute atomic E-state index is 0.133. The fourth-order valence-corrected chi connectivity index (χ4v) is 4.57. The van der Waals surface area contributed by atoms with Crippen LogP contribution in [0, 0.1) is 5.92 Å². The number of aromatic nitrogens is 2. The second-order valence-corrected chi connectivity index (χ2v) is 8.13. The van der Waals surface area contributed by atoms with Crippen LogP contribution in [0.25, 0.3) is 0 Å². The third-order valence-corrected chi connectivity index (χ3v) is 6.37. The van der Waals surface area contributed by atoms with Crippen LogP contribution < -0.4 is 0 Å². The number of benzene rings is 1. The molecule has 0 spiro atoms. The van der Waals surface area contributed by atoms with Crippen LogP contribution in [0.15, 0.2) is 47.9 Å². The molecule has 0 N–H and O–H groups in total. The van der Waals surface area contributed by atoms with Gasteiger partial charge in [0.15, 0.2) is 5.78 Å². The first kappa shape index (κ1) is 16.9. The van der Waals surface area contributed by atoms with Gasteiger partial charge >= 0.3 is 0 Å². The number of hydrogen-bond donors (Lipinski definition) is 0. The van der Waals surface area contributed by atoms with Gasteiger partial charge in [-0.25, -0.2) is 13.4 Å². The number of ketones is 1. The summed E-state index contributed by atoms with van der Waals surface area (Å²) in [6.45, 7) is 3.32. The highest BCUT2D eigenvalue weighted by Crippen LogP contribution is 2.25. The first-order valence-electron chi connectivity index (χ1n) is 8.04. The normalized spacial score (nSPS) is 17.0. The average molecular weight is 347 g/mol. The zero-order valence-electron chi connectivity index (χ0n) is 13.6. The van der Waals surface area contributed by atoms with Gasteiger partial charge < -0.3 is 4.57 Å². The van der Waals surface area contributed by atoms with Crippen molar-refractivity contribution in [2.45, 2.75) is 31.2 Å². The van der Waals surface area contributed by atoms with Gasteiger partial charge in [-0.15, -0.1) is 0 Å². The number of imidazole rings is 1. The van der Waals surface area contributed by atoms with E-state index < -0.39 is 10.0 Å². The molecule has 3 rings (SSSR count). The molecule has 7 heteroatoms. The summed E-state index contributed by atoms with van der Waals surface area (Å²) in [6, 6.07) is 6.28. The van der Waals surface area contributed by atoms with Crippen LogP contribution in [0.1, 0.15) is 30.1 Å². The number of carbonyl (C=O) groups excluding carboxylic acids is 1. The summed E-state index contributed by atoms with van der Waals surface area (Å²) in [5.41, 5.74) is 0.422. The van der Waals surface area contributed by atoms with Crippen LogP contribution >= 0.6 is 0 Å². The number of nitrogens with zero attached hydrogens (tertiary/aromatic N) is 3. The Labute approximate surface area is 142 Å². The smallest absolute Gasteiger partial charge is 0.243 e. The third-order valence-electron chi connectivity index (χ3n) is 4.48. The molecule has 2 heterocycles. The Kier molecular flexibility index (Phi) is 4.82. The van der Waals surface area contributed by atoms with E-state index in [0.29, 0.717) is 24.6 Å². The quantitative estimate of drug-likeness (QED) is 0.777. The Balaban J connectivity index is 1.68. The molecular formula is C17H21N3O3S. The van der Waals surface area contributed by atoms with Crippen LogP contribution in [0.3, 0.4) is 0 Å². The maximum absolute atomic E-state index is 12.8. The van der Waals surface area contributed by atoms with Gasteiger partial charge in [0, 0.05) is 37.6 Å². The van der Waals surface area contributed by atoms with Gasteiger partial charge in [-0.05, 0) is 37.8 Å². The molecule has 0 atom stereocenters. The lowest BCUT2D eigenvalue weighted by atomic mass is 9.98. The van der Waals surface area contributed by atoms with Crippen molar-refractivity contribution >= 4 is 15.8 Å². The monoisotopic (exact) mass is 347 g/mol. The highest BCUT2D eigenvalue weighted by Gasteiger charge is 2.29. The number of rotatable bonds is 5. The molecule has 6 nitrogen and oxygen atoms in total. The highest BCUT2D eigenvalue weighted by atomic mass is 32.2. The Morgan fingerprint density at radius 3 is 2.67 bits per heavy atom. The number of sulfonamides is 1. The van der Waals surface area contributed by atoms with E-state index in [1.165, 1.54) is 17.3 Å². The van der Waals surface area contributed by atoms with Crippen molar-refractivity contribution in [2.24, 2.45) is 5.92 Å². The molecule has 1 aromatic carbocycles. The van der Waals surface area contributed by atoms with Crippen LogP contribution in [0.5, 0.6) is 0 Å². The van der Waals surface area contributed by atoms with Gasteiger partial charge in [0.05, 0.1) is 11.2 Å². The van der Waals surface area contributed by atoms with E-state index in [1.54, 1.807) is 30.7 Å². The maximum atomic E-state index is 12.8. The predicted molar refractivity (Wildman–Crippen MR) is 90.2 cm³/mol. The molecular weight excluding hydrogens is 326 g/mol. The van der Waals surface area contributed by atoms with Crippen molar-refractivity contribution in [3.05, 3.63) is 48.5 Å². The number of carbonyl (C=O) groups is 1. The summed E-state index contributed by atoms with van der Waals surface area (Å²) in [5, 5.41) is 0.